The van der Waals surface area contributed by atoms with Crippen molar-refractivity contribution in [3.63, 3.8) is 0 Å². The van der Waals surface area contributed by atoms with E-state index < -0.39 is 29.4 Å². The topological polar surface area (TPSA) is 123 Å². The van der Waals surface area contributed by atoms with Crippen molar-refractivity contribution in [2.75, 3.05) is 11.9 Å². The van der Waals surface area contributed by atoms with Crippen LogP contribution in [0.3, 0.4) is 0 Å². The number of nitrogens with two attached hydrogens (primary N) is 1. The first-order valence-corrected chi connectivity index (χ1v) is 7.47. The van der Waals surface area contributed by atoms with E-state index in [1.807, 2.05) is 20.8 Å². The zero-order valence-corrected chi connectivity index (χ0v) is 14.3. The molecule has 0 radical (unpaired) electrons. The fraction of sp³-hybridized carbons (Fsp3) is 0.438. The maximum Gasteiger partial charge on any atom is 0.321 e. The first-order chi connectivity index (χ1) is 11.1. The van der Waals surface area contributed by atoms with E-state index in [1.54, 1.807) is 31.2 Å². The van der Waals surface area contributed by atoms with Crippen molar-refractivity contribution in [2.24, 2.45) is 5.73 Å². The lowest BCUT2D eigenvalue weighted by atomic mass is 10.1. The van der Waals surface area contributed by atoms with Crippen LogP contribution < -0.4 is 26.4 Å². The number of carbonyl (C=O) groups is 3. The first kappa shape index (κ1) is 19.3. The summed E-state index contributed by atoms with van der Waals surface area (Å²) in [5, 5.41) is 7.86. The molecule has 1 aromatic rings. The molecular weight excluding hydrogens is 312 g/mol. The van der Waals surface area contributed by atoms with Gasteiger partial charge in [-0.15, -0.1) is 0 Å². The number of amides is 4. The monoisotopic (exact) mass is 336 g/mol. The largest absolute Gasteiger partial charge is 0.484 e. The van der Waals surface area contributed by atoms with E-state index in [2.05, 4.69) is 16.0 Å². The van der Waals surface area contributed by atoms with Gasteiger partial charge in [0.15, 0.2) is 6.61 Å². The highest BCUT2D eigenvalue weighted by Crippen LogP contribution is 2.18. The second-order valence-corrected chi connectivity index (χ2v) is 6.34. The molecule has 5 N–H and O–H groups in total. The molecule has 0 heterocycles. The van der Waals surface area contributed by atoms with Gasteiger partial charge in [0.2, 0.25) is 5.91 Å². The minimum atomic E-state index is -0.651. The second-order valence-electron chi connectivity index (χ2n) is 6.34. The van der Waals surface area contributed by atoms with Gasteiger partial charge in [0.05, 0.1) is 0 Å². The summed E-state index contributed by atoms with van der Waals surface area (Å²) in [6.07, 6.45) is 0. The van der Waals surface area contributed by atoms with Gasteiger partial charge in [0, 0.05) is 17.3 Å². The summed E-state index contributed by atoms with van der Waals surface area (Å²) in [6, 6.07) is 5.52. The molecule has 0 spiro atoms. The molecule has 0 saturated heterocycles. The van der Waals surface area contributed by atoms with Gasteiger partial charge in [-0.3, -0.25) is 14.9 Å². The van der Waals surface area contributed by atoms with Gasteiger partial charge in [-0.05, 0) is 39.8 Å². The van der Waals surface area contributed by atoms with Crippen LogP contribution in [0.2, 0.25) is 0 Å². The summed E-state index contributed by atoms with van der Waals surface area (Å²) in [6.45, 7) is 6.84. The van der Waals surface area contributed by atoms with Crippen molar-refractivity contribution in [2.45, 2.75) is 39.3 Å². The standard InChI is InChI=1S/C16H24N4O4/c1-10(14(22)19-15(23)20-16(2,3)4)18-11-6-5-7-12(8-11)24-9-13(17)21/h5-8,10,18H,9H2,1-4H3,(H2,17,21)(H2,19,20,22,23). The molecule has 0 aliphatic rings. The smallest absolute Gasteiger partial charge is 0.321 e. The molecule has 0 bridgehead atoms. The predicted molar refractivity (Wildman–Crippen MR) is 90.6 cm³/mol. The van der Waals surface area contributed by atoms with Gasteiger partial charge in [-0.25, -0.2) is 4.79 Å². The van der Waals surface area contributed by atoms with Crippen LogP contribution in [0, 0.1) is 0 Å². The van der Waals surface area contributed by atoms with Crippen LogP contribution in [0.15, 0.2) is 24.3 Å². The third-order valence-corrected chi connectivity index (χ3v) is 2.72. The molecule has 24 heavy (non-hydrogen) atoms. The summed E-state index contributed by atoms with van der Waals surface area (Å²) in [7, 11) is 0. The second kappa shape index (κ2) is 8.19. The third kappa shape index (κ3) is 7.48. The van der Waals surface area contributed by atoms with Crippen molar-refractivity contribution in [1.82, 2.24) is 10.6 Å². The highest BCUT2D eigenvalue weighted by atomic mass is 16.5. The van der Waals surface area contributed by atoms with Gasteiger partial charge >= 0.3 is 6.03 Å². The van der Waals surface area contributed by atoms with Gasteiger partial charge in [-0.1, -0.05) is 6.07 Å². The number of hydrogen-bond acceptors (Lipinski definition) is 5. The molecule has 1 atom stereocenters. The minimum absolute atomic E-state index is 0.230. The fourth-order valence-corrected chi connectivity index (χ4v) is 1.74. The molecular formula is C16H24N4O4. The lowest BCUT2D eigenvalue weighted by Gasteiger charge is -2.21. The Morgan fingerprint density at radius 1 is 1.25 bits per heavy atom. The maximum absolute atomic E-state index is 12.0. The number of benzene rings is 1. The zero-order chi connectivity index (χ0) is 18.3. The number of anilines is 1. The number of nitrogens with one attached hydrogen (secondary N) is 3. The summed E-state index contributed by atoms with van der Waals surface area (Å²) in [4.78, 5) is 34.4. The molecule has 1 unspecified atom stereocenters. The summed E-state index contributed by atoms with van der Waals surface area (Å²) >= 11 is 0. The maximum atomic E-state index is 12.0. The number of imide groups is 1. The van der Waals surface area contributed by atoms with Crippen LogP contribution in [0.1, 0.15) is 27.7 Å². The lowest BCUT2D eigenvalue weighted by Crippen LogP contribution is -2.51. The Labute approximate surface area is 141 Å². The van der Waals surface area contributed by atoms with Gasteiger partial charge in [-0.2, -0.15) is 0 Å². The highest BCUT2D eigenvalue weighted by Gasteiger charge is 2.19. The molecule has 0 aromatic heterocycles. The van der Waals surface area contributed by atoms with Gasteiger partial charge < -0.3 is 21.1 Å². The van der Waals surface area contributed by atoms with E-state index in [0.29, 0.717) is 11.4 Å². The fourth-order valence-electron chi connectivity index (χ4n) is 1.74. The quantitative estimate of drug-likeness (QED) is 0.616. The van der Waals surface area contributed by atoms with Crippen LogP contribution in [0.5, 0.6) is 5.75 Å². The summed E-state index contributed by atoms with van der Waals surface area (Å²) < 4.78 is 5.19. The van der Waals surface area contributed by atoms with Gasteiger partial charge in [0.1, 0.15) is 11.8 Å². The number of rotatable bonds is 6. The average Bonchev–Trinajstić information content (AvgIpc) is 2.43. The zero-order valence-electron chi connectivity index (χ0n) is 14.3. The molecule has 1 rings (SSSR count). The molecule has 4 amide bonds. The number of hydrogen-bond donors (Lipinski definition) is 4. The Morgan fingerprint density at radius 2 is 1.92 bits per heavy atom. The van der Waals surface area contributed by atoms with Crippen LogP contribution in [-0.2, 0) is 9.59 Å². The van der Waals surface area contributed by atoms with Crippen molar-refractivity contribution < 1.29 is 19.1 Å². The van der Waals surface area contributed by atoms with Crippen LogP contribution in [0.4, 0.5) is 10.5 Å². The van der Waals surface area contributed by atoms with Crippen LogP contribution in [-0.4, -0.2) is 36.0 Å². The minimum Gasteiger partial charge on any atom is -0.484 e. The van der Waals surface area contributed by atoms with E-state index in [0.717, 1.165) is 0 Å². The van der Waals surface area contributed by atoms with Crippen molar-refractivity contribution in [3.8, 4) is 5.75 Å². The van der Waals surface area contributed by atoms with Crippen molar-refractivity contribution in [1.29, 1.82) is 0 Å². The van der Waals surface area contributed by atoms with E-state index in [-0.39, 0.29) is 6.61 Å². The SMILES string of the molecule is CC(Nc1cccc(OCC(N)=O)c1)C(=O)NC(=O)NC(C)(C)C. The Balaban J connectivity index is 2.59. The number of urea groups is 1. The lowest BCUT2D eigenvalue weighted by molar-refractivity contribution is -0.121. The normalized spacial score (nSPS) is 12.0. The molecule has 132 valence electrons. The third-order valence-electron chi connectivity index (χ3n) is 2.72. The Kier molecular flexibility index (Phi) is 6.58. The van der Waals surface area contributed by atoms with E-state index >= 15 is 0 Å². The molecule has 0 fully saturated rings. The molecule has 8 heteroatoms. The van der Waals surface area contributed by atoms with Crippen molar-refractivity contribution in [3.05, 3.63) is 24.3 Å². The average molecular weight is 336 g/mol. The molecule has 0 aliphatic carbocycles. The summed E-state index contributed by atoms with van der Waals surface area (Å²) in [5.41, 5.74) is 5.19. The highest BCUT2D eigenvalue weighted by molar-refractivity contribution is 5.98. The number of ether oxygens (including phenoxy) is 1. The molecule has 0 saturated carbocycles. The molecule has 8 nitrogen and oxygen atoms in total. The van der Waals surface area contributed by atoms with E-state index in [1.165, 1.54) is 0 Å². The van der Waals surface area contributed by atoms with Crippen LogP contribution >= 0.6 is 0 Å². The van der Waals surface area contributed by atoms with E-state index in [9.17, 15) is 14.4 Å². The van der Waals surface area contributed by atoms with Gasteiger partial charge in [0.25, 0.3) is 5.91 Å². The molecule has 0 aliphatic heterocycles. The number of carbonyl (C=O) groups excluding carboxylic acids is 3. The predicted octanol–water partition coefficient (Wildman–Crippen LogP) is 0.975. The van der Waals surface area contributed by atoms with Crippen LogP contribution in [0.25, 0.3) is 0 Å². The Morgan fingerprint density at radius 3 is 2.50 bits per heavy atom. The Bertz CT molecular complexity index is 610. The molecule has 1 aromatic carbocycles. The first-order valence-electron chi connectivity index (χ1n) is 7.47. The Hall–Kier alpha value is -2.77. The number of primary amides is 1. The van der Waals surface area contributed by atoms with Crippen molar-refractivity contribution >= 4 is 23.5 Å². The van der Waals surface area contributed by atoms with E-state index in [4.69, 9.17) is 10.5 Å². The summed E-state index contributed by atoms with van der Waals surface area (Å²) in [5.74, 6) is -0.608.